The van der Waals surface area contributed by atoms with Crippen LogP contribution >= 0.6 is 11.8 Å². The maximum atomic E-state index is 12.9. The number of benzene rings is 1. The zero-order valence-corrected chi connectivity index (χ0v) is 40.3. The molecule has 3 aromatic rings. The number of pyridine rings is 1. The summed E-state index contributed by atoms with van der Waals surface area (Å²) in [6, 6.07) is 7.11. The van der Waals surface area contributed by atoms with Crippen molar-refractivity contribution in [2.45, 2.75) is 219 Å². The average Bonchev–Trinajstić information content (AvgIpc) is 3.72. The molecule has 3 rings (SSSR count). The number of unbranched alkanes of at least 4 members (excludes halogenated alkanes) is 24. The van der Waals surface area contributed by atoms with Gasteiger partial charge in [-0.3, -0.25) is 14.4 Å². The van der Waals surface area contributed by atoms with Crippen molar-refractivity contribution < 1.29 is 23.9 Å². The lowest BCUT2D eigenvalue weighted by atomic mass is 10.0. The molecule has 356 valence electrons. The van der Waals surface area contributed by atoms with Gasteiger partial charge in [-0.15, -0.1) is 0 Å². The van der Waals surface area contributed by atoms with Crippen LogP contribution in [0.4, 0.5) is 5.82 Å². The van der Waals surface area contributed by atoms with Crippen LogP contribution in [0.3, 0.4) is 0 Å². The number of nitrogen functional groups attached to an aromatic ring is 1. The molecule has 0 radical (unpaired) electrons. The molecule has 63 heavy (non-hydrogen) atoms. The van der Waals surface area contributed by atoms with Crippen molar-refractivity contribution in [1.29, 1.82) is 0 Å². The van der Waals surface area contributed by atoms with Crippen molar-refractivity contribution in [1.82, 2.24) is 19.9 Å². The average molecular weight is 895 g/mol. The number of carbonyl (C=O) groups is 3. The van der Waals surface area contributed by atoms with Crippen molar-refractivity contribution in [3.63, 3.8) is 0 Å². The van der Waals surface area contributed by atoms with Crippen LogP contribution in [0.25, 0.3) is 21.9 Å². The molecule has 2 heterocycles. The number of rotatable bonds is 40. The maximum absolute atomic E-state index is 12.9. The summed E-state index contributed by atoms with van der Waals surface area (Å²) in [6.45, 7) is 5.62. The Hall–Kier alpha value is -3.38. The lowest BCUT2D eigenvalue weighted by Gasteiger charge is -2.19. The maximum Gasteiger partial charge on any atom is 0.306 e. The third-order valence-electron chi connectivity index (χ3n) is 12.0. The first kappa shape index (κ1) is 54.0. The molecule has 0 saturated carbocycles. The highest BCUT2D eigenvalue weighted by molar-refractivity contribution is 7.99. The van der Waals surface area contributed by atoms with Gasteiger partial charge in [-0.25, -0.2) is 9.97 Å². The number of thioether (sulfide) groups is 1. The lowest BCUT2D eigenvalue weighted by Crippen LogP contribution is -2.43. The molecule has 1 unspecified atom stereocenters. The summed E-state index contributed by atoms with van der Waals surface area (Å²) in [5.74, 6) is 0.364. The van der Waals surface area contributed by atoms with E-state index < -0.39 is 12.1 Å². The second kappa shape index (κ2) is 35.0. The third kappa shape index (κ3) is 23.9. The second-order valence-corrected chi connectivity index (χ2v) is 18.8. The Bertz CT molecular complexity index is 1670. The van der Waals surface area contributed by atoms with E-state index >= 15 is 0 Å². The van der Waals surface area contributed by atoms with E-state index in [9.17, 15) is 14.4 Å². The number of imidazole rings is 1. The van der Waals surface area contributed by atoms with Gasteiger partial charge >= 0.3 is 11.9 Å². The van der Waals surface area contributed by atoms with Gasteiger partial charge in [0.2, 0.25) is 5.91 Å². The smallest absolute Gasteiger partial charge is 0.306 e. The summed E-state index contributed by atoms with van der Waals surface area (Å²) in [5, 5.41) is 3.94. The summed E-state index contributed by atoms with van der Waals surface area (Å²) < 4.78 is 13.5. The van der Waals surface area contributed by atoms with Gasteiger partial charge in [0.15, 0.2) is 5.82 Å². The van der Waals surface area contributed by atoms with Crippen LogP contribution in [0.1, 0.15) is 200 Å². The lowest BCUT2D eigenvalue weighted by molar-refractivity contribution is -0.157. The van der Waals surface area contributed by atoms with Crippen LogP contribution < -0.4 is 16.8 Å². The first-order valence-corrected chi connectivity index (χ1v) is 26.4. The molecule has 0 aliphatic carbocycles. The monoisotopic (exact) mass is 895 g/mol. The molecule has 0 saturated heterocycles. The normalized spacial score (nSPS) is 12.5. The number of ether oxygens (including phenoxy) is 2. The standard InChI is InChI=1S/C51H86N6O5S/c1-3-5-7-9-11-13-15-17-19-21-23-25-27-34-46(58)61-38-42(62-47(59)35-28-26-24-22-20-18-16-14-12-10-8-6-4-2)39-63-40-44(52)51(60)54-36-31-37-57-41-55-48-49(57)43-32-29-30-33-45(43)56-50(48)53/h29-30,32-33,41-42,44H,3-28,31,34-40,52H2,1-2H3,(H2,53,56)(H,54,60)/t42?,44-/m0/s1. The summed E-state index contributed by atoms with van der Waals surface area (Å²) in [7, 11) is 0. The van der Waals surface area contributed by atoms with Gasteiger partial charge in [-0.2, -0.15) is 11.8 Å². The van der Waals surface area contributed by atoms with Gasteiger partial charge in [0.05, 0.1) is 23.4 Å². The van der Waals surface area contributed by atoms with E-state index in [-0.39, 0.29) is 24.5 Å². The number of para-hydroxylation sites is 1. The first-order valence-electron chi connectivity index (χ1n) is 25.3. The van der Waals surface area contributed by atoms with E-state index in [4.69, 9.17) is 20.9 Å². The topological polar surface area (TPSA) is 164 Å². The van der Waals surface area contributed by atoms with Gasteiger partial charge < -0.3 is 30.8 Å². The quantitative estimate of drug-likeness (QED) is 0.0370. The van der Waals surface area contributed by atoms with Gasteiger partial charge in [0, 0.05) is 42.8 Å². The first-order chi connectivity index (χ1) is 30.8. The number of nitrogens with zero attached hydrogens (tertiary/aromatic N) is 3. The van der Waals surface area contributed by atoms with Gasteiger partial charge in [0.25, 0.3) is 0 Å². The molecule has 0 fully saturated rings. The van der Waals surface area contributed by atoms with E-state index in [0.29, 0.717) is 55.2 Å². The zero-order chi connectivity index (χ0) is 45.2. The molecular weight excluding hydrogens is 809 g/mol. The highest BCUT2D eigenvalue weighted by Crippen LogP contribution is 2.27. The Labute approximate surface area is 385 Å². The molecule has 12 heteroatoms. The fraction of sp³-hybridized carbons (Fsp3) is 0.745. The Morgan fingerprint density at radius 1 is 0.683 bits per heavy atom. The molecule has 0 aliphatic rings. The van der Waals surface area contributed by atoms with Crippen molar-refractivity contribution in [3.05, 3.63) is 30.6 Å². The SMILES string of the molecule is CCCCCCCCCCCCCCCC(=O)OCC(CSC[C@H](N)C(=O)NCCCn1cnc2c(N)nc3ccccc3c21)OC(=O)CCCCCCCCCCCCCCC. The van der Waals surface area contributed by atoms with E-state index in [2.05, 4.69) is 29.1 Å². The minimum atomic E-state index is -0.737. The number of hydrogen-bond acceptors (Lipinski definition) is 10. The predicted molar refractivity (Wildman–Crippen MR) is 264 cm³/mol. The van der Waals surface area contributed by atoms with Crippen LogP contribution in [-0.2, 0) is 30.4 Å². The summed E-state index contributed by atoms with van der Waals surface area (Å²) in [4.78, 5) is 47.5. The van der Waals surface area contributed by atoms with Gasteiger partial charge in [0.1, 0.15) is 18.2 Å². The highest BCUT2D eigenvalue weighted by Gasteiger charge is 2.20. The van der Waals surface area contributed by atoms with E-state index in [0.717, 1.165) is 54.9 Å². The molecule has 0 aliphatic heterocycles. The fourth-order valence-corrected chi connectivity index (χ4v) is 9.13. The Morgan fingerprint density at radius 2 is 1.19 bits per heavy atom. The van der Waals surface area contributed by atoms with Crippen molar-refractivity contribution >= 4 is 57.4 Å². The van der Waals surface area contributed by atoms with Crippen molar-refractivity contribution in [3.8, 4) is 0 Å². The van der Waals surface area contributed by atoms with Crippen LogP contribution in [0.5, 0.6) is 0 Å². The highest BCUT2D eigenvalue weighted by atomic mass is 32.2. The number of aromatic nitrogens is 3. The van der Waals surface area contributed by atoms with Crippen LogP contribution in [0.2, 0.25) is 0 Å². The Kier molecular flexibility index (Phi) is 29.9. The van der Waals surface area contributed by atoms with Crippen LogP contribution in [0, 0.1) is 0 Å². The minimum absolute atomic E-state index is 0.00991. The predicted octanol–water partition coefficient (Wildman–Crippen LogP) is 12.2. The largest absolute Gasteiger partial charge is 0.462 e. The van der Waals surface area contributed by atoms with Crippen LogP contribution in [-0.4, -0.2) is 69.2 Å². The molecule has 0 bridgehead atoms. The number of carbonyl (C=O) groups excluding carboxylic acids is 3. The van der Waals surface area contributed by atoms with Crippen molar-refractivity contribution in [2.24, 2.45) is 5.73 Å². The number of fused-ring (bicyclic) bond motifs is 3. The molecule has 5 N–H and O–H groups in total. The third-order valence-corrected chi connectivity index (χ3v) is 13.2. The molecule has 1 aromatic carbocycles. The fourth-order valence-electron chi connectivity index (χ4n) is 8.16. The number of anilines is 1. The molecule has 1 amide bonds. The van der Waals surface area contributed by atoms with Crippen molar-refractivity contribution in [2.75, 3.05) is 30.4 Å². The Morgan fingerprint density at radius 3 is 1.75 bits per heavy atom. The second-order valence-electron chi connectivity index (χ2n) is 17.7. The number of hydrogen-bond donors (Lipinski definition) is 3. The minimum Gasteiger partial charge on any atom is -0.462 e. The number of nitrogens with one attached hydrogen (secondary N) is 1. The van der Waals surface area contributed by atoms with Gasteiger partial charge in [-0.1, -0.05) is 186 Å². The van der Waals surface area contributed by atoms with E-state index in [1.165, 1.54) is 140 Å². The Balaban J connectivity index is 1.34. The summed E-state index contributed by atoms with van der Waals surface area (Å²) >= 11 is 1.43. The van der Waals surface area contributed by atoms with E-state index in [1.807, 2.05) is 28.8 Å². The zero-order valence-electron chi connectivity index (χ0n) is 39.5. The van der Waals surface area contributed by atoms with E-state index in [1.54, 1.807) is 6.33 Å². The number of amides is 1. The molecule has 2 atom stereocenters. The molecule has 0 spiro atoms. The van der Waals surface area contributed by atoms with Gasteiger partial charge in [-0.05, 0) is 25.3 Å². The number of aryl methyl sites for hydroxylation is 1. The molecular formula is C51H86N6O5S. The summed E-state index contributed by atoms with van der Waals surface area (Å²) in [6.07, 6.45) is 34.9. The number of esters is 2. The molecule has 11 nitrogen and oxygen atoms in total. The summed E-state index contributed by atoms with van der Waals surface area (Å²) in [5.41, 5.74) is 14.9. The number of nitrogens with two attached hydrogens (primary N) is 2. The van der Waals surface area contributed by atoms with Crippen LogP contribution in [0.15, 0.2) is 30.6 Å². The molecule has 2 aromatic heterocycles.